The minimum Gasteiger partial charge on any atom is -0.394 e. The van der Waals surface area contributed by atoms with Crippen LogP contribution >= 0.6 is 0 Å². The van der Waals surface area contributed by atoms with Gasteiger partial charge >= 0.3 is 0 Å². The molecule has 0 radical (unpaired) electrons. The standard InChI is InChI=1S/C22H39NO14/c1-8(27)23-15-12(3-9-11(29)7-34-19(9)10(28)4-24)35-13(5-25)16(30)21(15)37-22-18(32)17(31)20(36-22)14(6-26)33-2/h9-22,24-26,28-32H,3-7H2,1-2H3,(H,23,27)/t9?,10-,11-,12?,13?,14-,15?,16?,17?,18?,19?,20?,21?,22?/m1/s1. The summed E-state index contributed by atoms with van der Waals surface area (Å²) >= 11 is 0. The summed E-state index contributed by atoms with van der Waals surface area (Å²) in [5.41, 5.74) is 0. The summed E-state index contributed by atoms with van der Waals surface area (Å²) in [6.45, 7) is -0.674. The molecule has 3 aliphatic heterocycles. The average Bonchev–Trinajstić information content (AvgIpc) is 3.37. The Labute approximate surface area is 213 Å². The van der Waals surface area contributed by atoms with E-state index >= 15 is 0 Å². The van der Waals surface area contributed by atoms with Crippen molar-refractivity contribution in [3.63, 3.8) is 0 Å². The molecule has 3 saturated heterocycles. The number of carbonyl (C=O) groups is 1. The van der Waals surface area contributed by atoms with Crippen LogP contribution in [0.25, 0.3) is 0 Å². The quantitative estimate of drug-likeness (QED) is 0.119. The van der Waals surface area contributed by atoms with Gasteiger partial charge in [0.05, 0.1) is 50.8 Å². The Kier molecular flexibility index (Phi) is 11.0. The highest BCUT2D eigenvalue weighted by Crippen LogP contribution is 2.36. The molecule has 0 aromatic carbocycles. The second-order valence-electron chi connectivity index (χ2n) is 9.63. The Morgan fingerprint density at radius 1 is 1.00 bits per heavy atom. The third-order valence-electron chi connectivity index (χ3n) is 7.21. The zero-order chi connectivity index (χ0) is 27.4. The molecular weight excluding hydrogens is 502 g/mol. The Morgan fingerprint density at radius 3 is 2.27 bits per heavy atom. The number of methoxy groups -OCH3 is 1. The Bertz CT molecular complexity index is 727. The van der Waals surface area contributed by atoms with E-state index in [1.54, 1.807) is 0 Å². The average molecular weight is 542 g/mol. The van der Waals surface area contributed by atoms with Crippen molar-refractivity contribution >= 4 is 5.91 Å². The van der Waals surface area contributed by atoms with Crippen LogP contribution in [0, 0.1) is 5.92 Å². The summed E-state index contributed by atoms with van der Waals surface area (Å²) in [7, 11) is 1.28. The van der Waals surface area contributed by atoms with Crippen molar-refractivity contribution in [2.24, 2.45) is 5.92 Å². The third kappa shape index (κ3) is 6.58. The number of carbonyl (C=O) groups excluding carboxylic acids is 1. The van der Waals surface area contributed by atoms with Crippen molar-refractivity contribution in [3.8, 4) is 0 Å². The fraction of sp³-hybridized carbons (Fsp3) is 0.955. The van der Waals surface area contributed by atoms with Gasteiger partial charge in [-0.15, -0.1) is 0 Å². The van der Waals surface area contributed by atoms with E-state index in [4.69, 9.17) is 23.7 Å². The van der Waals surface area contributed by atoms with Gasteiger partial charge in [-0.3, -0.25) is 4.79 Å². The molecule has 0 aliphatic carbocycles. The lowest BCUT2D eigenvalue weighted by molar-refractivity contribution is -0.269. The maximum Gasteiger partial charge on any atom is 0.217 e. The second-order valence-corrected chi connectivity index (χ2v) is 9.63. The summed E-state index contributed by atoms with van der Waals surface area (Å²) in [5.74, 6) is -1.27. The van der Waals surface area contributed by atoms with Crippen LogP contribution < -0.4 is 5.32 Å². The predicted octanol–water partition coefficient (Wildman–Crippen LogP) is -5.43. The number of hydrogen-bond acceptors (Lipinski definition) is 14. The lowest BCUT2D eigenvalue weighted by Crippen LogP contribution is -2.66. The molecule has 0 saturated carbocycles. The molecule has 3 heterocycles. The SMILES string of the molecule is CO[C@H](CO)C1OC(OC2C(O)C(CO)OC(CC3C([C@H](O)CO)OC[C@H]3O)C2NC(C)=O)C(O)C1O. The van der Waals surface area contributed by atoms with Crippen LogP contribution in [0.5, 0.6) is 0 Å². The third-order valence-corrected chi connectivity index (χ3v) is 7.21. The van der Waals surface area contributed by atoms with Crippen LogP contribution in [-0.2, 0) is 28.5 Å². The zero-order valence-corrected chi connectivity index (χ0v) is 20.6. The first-order valence-corrected chi connectivity index (χ1v) is 12.2. The van der Waals surface area contributed by atoms with Crippen molar-refractivity contribution in [3.05, 3.63) is 0 Å². The zero-order valence-electron chi connectivity index (χ0n) is 20.6. The van der Waals surface area contributed by atoms with Gasteiger partial charge in [0.1, 0.15) is 48.8 Å². The number of nitrogens with one attached hydrogen (secondary N) is 1. The van der Waals surface area contributed by atoms with Crippen molar-refractivity contribution in [2.45, 2.75) is 92.8 Å². The normalized spacial score (nSPS) is 44.1. The van der Waals surface area contributed by atoms with E-state index in [1.807, 2.05) is 0 Å². The lowest BCUT2D eigenvalue weighted by atomic mass is 9.83. The fourth-order valence-electron chi connectivity index (χ4n) is 5.25. The minimum absolute atomic E-state index is 0.0352. The van der Waals surface area contributed by atoms with E-state index in [9.17, 15) is 45.6 Å². The van der Waals surface area contributed by atoms with E-state index < -0.39 is 111 Å². The molecule has 15 heteroatoms. The Balaban J connectivity index is 1.86. The van der Waals surface area contributed by atoms with Gasteiger partial charge < -0.3 is 69.9 Å². The molecule has 3 aliphatic rings. The maximum atomic E-state index is 12.1. The van der Waals surface area contributed by atoms with E-state index in [0.29, 0.717) is 0 Å². The fourth-order valence-corrected chi connectivity index (χ4v) is 5.25. The van der Waals surface area contributed by atoms with Gasteiger partial charge in [-0.1, -0.05) is 0 Å². The lowest BCUT2D eigenvalue weighted by Gasteiger charge is -2.46. The van der Waals surface area contributed by atoms with Crippen LogP contribution in [0.3, 0.4) is 0 Å². The molecule has 1 amide bonds. The summed E-state index contributed by atoms with van der Waals surface area (Å²) in [5, 5.41) is 83.8. The molecule has 37 heavy (non-hydrogen) atoms. The largest absolute Gasteiger partial charge is 0.394 e. The second kappa shape index (κ2) is 13.3. The predicted molar refractivity (Wildman–Crippen MR) is 120 cm³/mol. The molecule has 11 unspecified atom stereocenters. The van der Waals surface area contributed by atoms with Gasteiger partial charge in [0, 0.05) is 20.0 Å². The highest BCUT2D eigenvalue weighted by Gasteiger charge is 2.54. The van der Waals surface area contributed by atoms with Gasteiger partial charge in [-0.25, -0.2) is 0 Å². The number of rotatable bonds is 11. The summed E-state index contributed by atoms with van der Waals surface area (Å²) in [4.78, 5) is 12.1. The van der Waals surface area contributed by atoms with E-state index in [2.05, 4.69) is 5.32 Å². The first kappa shape index (κ1) is 30.5. The van der Waals surface area contributed by atoms with Crippen LogP contribution in [0.2, 0.25) is 0 Å². The molecule has 9 N–H and O–H groups in total. The van der Waals surface area contributed by atoms with Crippen molar-refractivity contribution < 1.29 is 69.3 Å². The van der Waals surface area contributed by atoms with Gasteiger partial charge in [0.25, 0.3) is 0 Å². The highest BCUT2D eigenvalue weighted by atomic mass is 16.7. The molecule has 3 fully saturated rings. The van der Waals surface area contributed by atoms with Gasteiger partial charge in [-0.05, 0) is 6.42 Å². The first-order valence-electron chi connectivity index (χ1n) is 12.2. The van der Waals surface area contributed by atoms with Gasteiger partial charge in [0.2, 0.25) is 5.91 Å². The Morgan fingerprint density at radius 2 is 1.70 bits per heavy atom. The summed E-state index contributed by atoms with van der Waals surface area (Å²) < 4.78 is 27.8. The van der Waals surface area contributed by atoms with Crippen LogP contribution in [0.4, 0.5) is 0 Å². The van der Waals surface area contributed by atoms with E-state index in [0.717, 1.165) is 0 Å². The number of amides is 1. The van der Waals surface area contributed by atoms with Crippen molar-refractivity contribution in [1.29, 1.82) is 0 Å². The van der Waals surface area contributed by atoms with Crippen molar-refractivity contribution in [1.82, 2.24) is 5.32 Å². The van der Waals surface area contributed by atoms with Crippen LogP contribution in [0.1, 0.15) is 13.3 Å². The molecule has 15 nitrogen and oxygen atoms in total. The van der Waals surface area contributed by atoms with Gasteiger partial charge in [-0.2, -0.15) is 0 Å². The number of aliphatic hydroxyl groups is 8. The van der Waals surface area contributed by atoms with Crippen LogP contribution in [0.15, 0.2) is 0 Å². The molecule has 14 atom stereocenters. The number of aliphatic hydroxyl groups excluding tert-OH is 8. The molecular formula is C22H39NO14. The topological polar surface area (TPSA) is 237 Å². The molecule has 3 rings (SSSR count). The summed E-state index contributed by atoms with van der Waals surface area (Å²) in [6.07, 6.45) is -15.1. The van der Waals surface area contributed by atoms with Gasteiger partial charge in [0.15, 0.2) is 6.29 Å². The van der Waals surface area contributed by atoms with Crippen LogP contribution in [-0.4, -0.2) is 160 Å². The molecule has 0 aromatic heterocycles. The number of hydrogen-bond donors (Lipinski definition) is 9. The van der Waals surface area contributed by atoms with E-state index in [-0.39, 0.29) is 13.0 Å². The first-order chi connectivity index (χ1) is 17.6. The maximum absolute atomic E-state index is 12.1. The Hall–Kier alpha value is -1.05. The molecule has 0 aromatic rings. The smallest absolute Gasteiger partial charge is 0.217 e. The molecule has 0 spiro atoms. The van der Waals surface area contributed by atoms with E-state index in [1.165, 1.54) is 14.0 Å². The molecule has 216 valence electrons. The molecule has 0 bridgehead atoms. The highest BCUT2D eigenvalue weighted by molar-refractivity contribution is 5.73. The minimum atomic E-state index is -1.61. The summed E-state index contributed by atoms with van der Waals surface area (Å²) in [6, 6.07) is -1.10. The monoisotopic (exact) mass is 541 g/mol. The number of ether oxygens (including phenoxy) is 5. The van der Waals surface area contributed by atoms with Crippen molar-refractivity contribution in [2.75, 3.05) is 33.5 Å².